The lowest BCUT2D eigenvalue weighted by Gasteiger charge is -2.03. The molecule has 1 aromatic carbocycles. The molecule has 1 aromatic rings. The number of hydrogen-bond acceptors (Lipinski definition) is 3. The van der Waals surface area contributed by atoms with Crippen LogP contribution in [0.3, 0.4) is 0 Å². The summed E-state index contributed by atoms with van der Waals surface area (Å²) in [4.78, 5) is 10.2. The molecular weight excluding hydrogens is 236 g/mol. The number of anilines is 1. The highest BCUT2D eigenvalue weighted by atomic mass is 79.9. The van der Waals surface area contributed by atoms with Crippen LogP contribution in [-0.4, -0.2) is 11.5 Å². The summed E-state index contributed by atoms with van der Waals surface area (Å²) in [5, 5.41) is 13.5. The Bertz CT molecular complexity index is 328. The topological polar surface area (TPSA) is 55.2 Å². The molecule has 0 saturated carbocycles. The van der Waals surface area contributed by atoms with E-state index < -0.39 is 4.92 Å². The standard InChI is InChI=1S/C8H9BrN2O2/c1-2-10-7-4-3-6(9)5-8(7)11(12)13/h3-5,10H,2H2,1H3. The van der Waals surface area contributed by atoms with Gasteiger partial charge in [-0.3, -0.25) is 10.1 Å². The van der Waals surface area contributed by atoms with Crippen LogP contribution in [0.5, 0.6) is 0 Å². The normalized spacial score (nSPS) is 9.69. The summed E-state index contributed by atoms with van der Waals surface area (Å²) in [6.45, 7) is 2.56. The molecule has 0 bridgehead atoms. The zero-order valence-electron chi connectivity index (χ0n) is 7.08. The van der Waals surface area contributed by atoms with Crippen LogP contribution in [0.1, 0.15) is 6.92 Å². The summed E-state index contributed by atoms with van der Waals surface area (Å²) in [6.07, 6.45) is 0. The SMILES string of the molecule is CCNc1ccc(Br)cc1[N+](=O)[O-]. The minimum atomic E-state index is -0.400. The average molecular weight is 245 g/mol. The minimum absolute atomic E-state index is 0.0937. The number of hydrogen-bond donors (Lipinski definition) is 1. The molecule has 0 radical (unpaired) electrons. The van der Waals surface area contributed by atoms with Gasteiger partial charge >= 0.3 is 0 Å². The van der Waals surface area contributed by atoms with Crippen LogP contribution in [0.4, 0.5) is 11.4 Å². The van der Waals surface area contributed by atoms with Crippen molar-refractivity contribution in [3.63, 3.8) is 0 Å². The Morgan fingerprint density at radius 1 is 1.62 bits per heavy atom. The van der Waals surface area contributed by atoms with Crippen molar-refractivity contribution < 1.29 is 4.92 Å². The van der Waals surface area contributed by atoms with E-state index >= 15 is 0 Å². The zero-order chi connectivity index (χ0) is 9.84. The molecule has 0 saturated heterocycles. The fraction of sp³-hybridized carbons (Fsp3) is 0.250. The Labute approximate surface area is 84.2 Å². The lowest BCUT2D eigenvalue weighted by atomic mass is 10.2. The van der Waals surface area contributed by atoms with Crippen molar-refractivity contribution >= 4 is 27.3 Å². The van der Waals surface area contributed by atoms with Gasteiger partial charge in [0.2, 0.25) is 0 Å². The molecule has 0 unspecified atom stereocenters. The quantitative estimate of drug-likeness (QED) is 0.658. The highest BCUT2D eigenvalue weighted by Gasteiger charge is 2.12. The first-order valence-electron chi connectivity index (χ1n) is 3.83. The summed E-state index contributed by atoms with van der Waals surface area (Å²) in [7, 11) is 0. The van der Waals surface area contributed by atoms with Gasteiger partial charge in [0.15, 0.2) is 0 Å². The van der Waals surface area contributed by atoms with E-state index in [1.54, 1.807) is 12.1 Å². The summed E-state index contributed by atoms with van der Waals surface area (Å²) >= 11 is 3.18. The molecule has 1 N–H and O–H groups in total. The molecule has 0 atom stereocenters. The molecule has 0 spiro atoms. The largest absolute Gasteiger partial charge is 0.380 e. The molecule has 13 heavy (non-hydrogen) atoms. The third kappa shape index (κ3) is 2.42. The van der Waals surface area contributed by atoms with Gasteiger partial charge in [-0.25, -0.2) is 0 Å². The van der Waals surface area contributed by atoms with E-state index in [0.717, 1.165) is 0 Å². The van der Waals surface area contributed by atoms with Crippen LogP contribution in [-0.2, 0) is 0 Å². The molecule has 0 aromatic heterocycles. The van der Waals surface area contributed by atoms with Crippen LogP contribution in [0, 0.1) is 10.1 Å². The first kappa shape index (κ1) is 9.98. The number of benzene rings is 1. The van der Waals surface area contributed by atoms with Crippen molar-refractivity contribution in [1.29, 1.82) is 0 Å². The van der Waals surface area contributed by atoms with Crippen molar-refractivity contribution in [3.8, 4) is 0 Å². The van der Waals surface area contributed by atoms with E-state index in [1.807, 2.05) is 6.92 Å². The Morgan fingerprint density at radius 3 is 2.85 bits per heavy atom. The Morgan fingerprint density at radius 2 is 2.31 bits per heavy atom. The van der Waals surface area contributed by atoms with Crippen molar-refractivity contribution in [2.45, 2.75) is 6.92 Å². The van der Waals surface area contributed by atoms with E-state index in [2.05, 4.69) is 21.2 Å². The molecule has 0 aliphatic rings. The first-order chi connectivity index (χ1) is 6.15. The van der Waals surface area contributed by atoms with Crippen molar-refractivity contribution in [2.24, 2.45) is 0 Å². The smallest absolute Gasteiger partial charge is 0.293 e. The highest BCUT2D eigenvalue weighted by Crippen LogP contribution is 2.27. The monoisotopic (exact) mass is 244 g/mol. The second kappa shape index (κ2) is 4.23. The summed E-state index contributed by atoms with van der Waals surface area (Å²) < 4.78 is 0.709. The lowest BCUT2D eigenvalue weighted by molar-refractivity contribution is -0.384. The van der Waals surface area contributed by atoms with E-state index in [1.165, 1.54) is 6.07 Å². The maximum Gasteiger partial charge on any atom is 0.293 e. The van der Waals surface area contributed by atoms with Gasteiger partial charge in [0.1, 0.15) is 5.69 Å². The van der Waals surface area contributed by atoms with Crippen molar-refractivity contribution in [3.05, 3.63) is 32.8 Å². The molecule has 0 amide bonds. The first-order valence-corrected chi connectivity index (χ1v) is 4.62. The van der Waals surface area contributed by atoms with Gasteiger partial charge < -0.3 is 5.32 Å². The van der Waals surface area contributed by atoms with Crippen LogP contribution in [0.15, 0.2) is 22.7 Å². The number of nitrogens with one attached hydrogen (secondary N) is 1. The van der Waals surface area contributed by atoms with Gasteiger partial charge in [-0.05, 0) is 19.1 Å². The van der Waals surface area contributed by atoms with Crippen LogP contribution >= 0.6 is 15.9 Å². The van der Waals surface area contributed by atoms with Crippen LogP contribution < -0.4 is 5.32 Å². The van der Waals surface area contributed by atoms with Gasteiger partial charge in [-0.2, -0.15) is 0 Å². The van der Waals surface area contributed by atoms with Crippen LogP contribution in [0.25, 0.3) is 0 Å². The predicted molar refractivity (Wildman–Crippen MR) is 55.0 cm³/mol. The number of halogens is 1. The van der Waals surface area contributed by atoms with Crippen molar-refractivity contribution in [1.82, 2.24) is 0 Å². The third-order valence-corrected chi connectivity index (χ3v) is 2.02. The number of nitro benzene ring substituents is 1. The number of rotatable bonds is 3. The average Bonchev–Trinajstić information content (AvgIpc) is 2.08. The van der Waals surface area contributed by atoms with Crippen molar-refractivity contribution in [2.75, 3.05) is 11.9 Å². The summed E-state index contributed by atoms with van der Waals surface area (Å²) in [5.74, 6) is 0. The highest BCUT2D eigenvalue weighted by molar-refractivity contribution is 9.10. The third-order valence-electron chi connectivity index (χ3n) is 1.52. The molecule has 1 rings (SSSR count). The minimum Gasteiger partial charge on any atom is -0.380 e. The summed E-state index contributed by atoms with van der Waals surface area (Å²) in [5.41, 5.74) is 0.645. The molecule has 4 nitrogen and oxygen atoms in total. The van der Waals surface area contributed by atoms with E-state index in [4.69, 9.17) is 0 Å². The molecular formula is C8H9BrN2O2. The molecule has 0 aliphatic heterocycles. The van der Waals surface area contributed by atoms with E-state index in [0.29, 0.717) is 16.7 Å². The molecule has 0 heterocycles. The Balaban J connectivity index is 3.10. The van der Waals surface area contributed by atoms with Crippen LogP contribution in [0.2, 0.25) is 0 Å². The van der Waals surface area contributed by atoms with Gasteiger partial charge in [-0.15, -0.1) is 0 Å². The molecule has 0 fully saturated rings. The van der Waals surface area contributed by atoms with Gasteiger partial charge in [-0.1, -0.05) is 15.9 Å². The van der Waals surface area contributed by atoms with E-state index in [-0.39, 0.29) is 5.69 Å². The second-order valence-electron chi connectivity index (χ2n) is 2.45. The predicted octanol–water partition coefficient (Wildman–Crippen LogP) is 2.79. The van der Waals surface area contributed by atoms with E-state index in [9.17, 15) is 10.1 Å². The van der Waals surface area contributed by atoms with Gasteiger partial charge in [0.05, 0.1) is 4.92 Å². The number of nitro groups is 1. The second-order valence-corrected chi connectivity index (χ2v) is 3.36. The fourth-order valence-electron chi connectivity index (χ4n) is 0.996. The molecule has 70 valence electrons. The molecule has 5 heteroatoms. The Kier molecular flexibility index (Phi) is 3.25. The lowest BCUT2D eigenvalue weighted by Crippen LogP contribution is -2.00. The number of nitrogens with zero attached hydrogens (tertiary/aromatic N) is 1. The molecule has 0 aliphatic carbocycles. The zero-order valence-corrected chi connectivity index (χ0v) is 8.67. The Hall–Kier alpha value is -1.10. The maximum absolute atomic E-state index is 10.6. The van der Waals surface area contributed by atoms with Gasteiger partial charge in [0.25, 0.3) is 5.69 Å². The maximum atomic E-state index is 10.6. The van der Waals surface area contributed by atoms with Gasteiger partial charge in [0, 0.05) is 17.1 Å². The fourth-order valence-corrected chi connectivity index (χ4v) is 1.34. The summed E-state index contributed by atoms with van der Waals surface area (Å²) in [6, 6.07) is 4.94.